The molecule has 1 heterocycles. The van der Waals surface area contributed by atoms with Gasteiger partial charge in [-0.3, -0.25) is 4.79 Å². The largest absolute Gasteiger partial charge is 0.493 e. The first kappa shape index (κ1) is 9.70. The smallest absolute Gasteiger partial charge is 0.223 e. The summed E-state index contributed by atoms with van der Waals surface area (Å²) in [5.74, 6) is 1.79. The highest BCUT2D eigenvalue weighted by molar-refractivity contribution is 5.80. The summed E-state index contributed by atoms with van der Waals surface area (Å²) < 4.78 is 5.57. The Morgan fingerprint density at radius 2 is 2.19 bits per heavy atom. The molecule has 0 saturated heterocycles. The Morgan fingerprint density at radius 3 is 3.00 bits per heavy atom. The molecule has 0 radical (unpaired) electrons. The van der Waals surface area contributed by atoms with E-state index in [1.54, 1.807) is 0 Å². The Kier molecular flexibility index (Phi) is 2.31. The molecule has 1 fully saturated rings. The Balaban J connectivity index is 1.62. The molecule has 0 bridgehead atoms. The van der Waals surface area contributed by atoms with Crippen molar-refractivity contribution in [1.29, 1.82) is 0 Å². The Morgan fingerprint density at radius 1 is 1.38 bits per heavy atom. The number of para-hydroxylation sites is 1. The van der Waals surface area contributed by atoms with Gasteiger partial charge in [0.2, 0.25) is 5.91 Å². The summed E-state index contributed by atoms with van der Waals surface area (Å²) in [5.41, 5.74) is 1.22. The van der Waals surface area contributed by atoms with Crippen LogP contribution >= 0.6 is 0 Å². The maximum absolute atomic E-state index is 11.5. The summed E-state index contributed by atoms with van der Waals surface area (Å²) in [6.45, 7) is 1.39. The monoisotopic (exact) mass is 217 g/mol. The standard InChI is InChI=1S/C13H15NO2/c15-13(9-5-6-9)14-7-10-8-16-12-4-2-1-3-11(10)12/h1-4,9-10H,5-8H2,(H,14,15)/t10-/m1/s1. The third-order valence-electron chi connectivity index (χ3n) is 3.27. The number of hydrogen-bond acceptors (Lipinski definition) is 2. The highest BCUT2D eigenvalue weighted by Gasteiger charge is 2.31. The van der Waals surface area contributed by atoms with E-state index in [1.807, 2.05) is 18.2 Å². The molecule has 1 aliphatic carbocycles. The second-order valence-corrected chi connectivity index (χ2v) is 4.57. The molecule has 0 unspecified atom stereocenters. The Labute approximate surface area is 94.8 Å². The lowest BCUT2D eigenvalue weighted by atomic mass is 10.0. The van der Waals surface area contributed by atoms with E-state index in [2.05, 4.69) is 11.4 Å². The van der Waals surface area contributed by atoms with Gasteiger partial charge in [-0.25, -0.2) is 0 Å². The second-order valence-electron chi connectivity index (χ2n) is 4.57. The molecule has 3 nitrogen and oxygen atoms in total. The van der Waals surface area contributed by atoms with Crippen molar-refractivity contribution in [2.24, 2.45) is 5.92 Å². The van der Waals surface area contributed by atoms with Gasteiger partial charge in [0.05, 0.1) is 6.61 Å². The van der Waals surface area contributed by atoms with Crippen LogP contribution in [0.5, 0.6) is 5.75 Å². The molecule has 1 amide bonds. The van der Waals surface area contributed by atoms with Gasteiger partial charge in [0, 0.05) is 23.9 Å². The molecule has 1 saturated carbocycles. The fraction of sp³-hybridized carbons (Fsp3) is 0.462. The maximum Gasteiger partial charge on any atom is 0.223 e. The number of rotatable bonds is 3. The molecule has 84 valence electrons. The number of ether oxygens (including phenoxy) is 1. The number of carbonyl (C=O) groups excluding carboxylic acids is 1. The average Bonchev–Trinajstić information content (AvgIpc) is 3.08. The highest BCUT2D eigenvalue weighted by atomic mass is 16.5. The first-order valence-electron chi connectivity index (χ1n) is 5.84. The maximum atomic E-state index is 11.5. The molecule has 1 aromatic rings. The van der Waals surface area contributed by atoms with Crippen molar-refractivity contribution in [2.75, 3.05) is 13.2 Å². The summed E-state index contributed by atoms with van der Waals surface area (Å²) in [6.07, 6.45) is 2.12. The summed E-state index contributed by atoms with van der Waals surface area (Å²) in [4.78, 5) is 11.5. The van der Waals surface area contributed by atoms with Crippen LogP contribution in [0.3, 0.4) is 0 Å². The topological polar surface area (TPSA) is 38.3 Å². The lowest BCUT2D eigenvalue weighted by molar-refractivity contribution is -0.122. The van der Waals surface area contributed by atoms with Crippen LogP contribution in [0.2, 0.25) is 0 Å². The minimum absolute atomic E-state index is 0.212. The first-order chi connectivity index (χ1) is 7.84. The molecule has 2 aliphatic rings. The van der Waals surface area contributed by atoms with Crippen molar-refractivity contribution in [1.82, 2.24) is 5.32 Å². The van der Waals surface area contributed by atoms with Crippen LogP contribution in [0.1, 0.15) is 24.3 Å². The number of hydrogen-bond donors (Lipinski definition) is 1. The van der Waals surface area contributed by atoms with E-state index in [1.165, 1.54) is 5.56 Å². The lowest BCUT2D eigenvalue weighted by Gasteiger charge is -2.09. The third kappa shape index (κ3) is 1.77. The predicted molar refractivity (Wildman–Crippen MR) is 60.4 cm³/mol. The minimum atomic E-state index is 0.212. The summed E-state index contributed by atoms with van der Waals surface area (Å²) >= 11 is 0. The van der Waals surface area contributed by atoms with E-state index in [0.717, 1.165) is 18.6 Å². The summed E-state index contributed by atoms with van der Waals surface area (Å²) in [6, 6.07) is 8.06. The van der Waals surface area contributed by atoms with Crippen LogP contribution in [0.25, 0.3) is 0 Å². The van der Waals surface area contributed by atoms with Crippen molar-refractivity contribution in [3.8, 4) is 5.75 Å². The van der Waals surface area contributed by atoms with Crippen LogP contribution in [-0.2, 0) is 4.79 Å². The van der Waals surface area contributed by atoms with Crippen molar-refractivity contribution < 1.29 is 9.53 Å². The number of fused-ring (bicyclic) bond motifs is 1. The molecule has 0 spiro atoms. The van der Waals surface area contributed by atoms with Gasteiger partial charge in [0.25, 0.3) is 0 Å². The van der Waals surface area contributed by atoms with E-state index in [4.69, 9.17) is 4.74 Å². The van der Waals surface area contributed by atoms with Gasteiger partial charge < -0.3 is 10.1 Å². The van der Waals surface area contributed by atoms with E-state index < -0.39 is 0 Å². The normalized spacial score (nSPS) is 22.4. The molecule has 16 heavy (non-hydrogen) atoms. The highest BCUT2D eigenvalue weighted by Crippen LogP contribution is 2.33. The van der Waals surface area contributed by atoms with Gasteiger partial charge in [-0.05, 0) is 18.9 Å². The van der Waals surface area contributed by atoms with Crippen LogP contribution in [0.15, 0.2) is 24.3 Å². The molecule has 0 aromatic heterocycles. The van der Waals surface area contributed by atoms with Gasteiger partial charge in [-0.1, -0.05) is 18.2 Å². The fourth-order valence-electron chi connectivity index (χ4n) is 2.11. The zero-order chi connectivity index (χ0) is 11.0. The van der Waals surface area contributed by atoms with Crippen LogP contribution < -0.4 is 10.1 Å². The molecule has 1 N–H and O–H groups in total. The lowest BCUT2D eigenvalue weighted by Crippen LogP contribution is -2.30. The van der Waals surface area contributed by atoms with E-state index in [9.17, 15) is 4.79 Å². The average molecular weight is 217 g/mol. The quantitative estimate of drug-likeness (QED) is 0.836. The summed E-state index contributed by atoms with van der Waals surface area (Å²) in [7, 11) is 0. The number of amides is 1. The third-order valence-corrected chi connectivity index (χ3v) is 3.27. The number of benzene rings is 1. The number of nitrogens with one attached hydrogen (secondary N) is 1. The van der Waals surface area contributed by atoms with Crippen LogP contribution in [0.4, 0.5) is 0 Å². The van der Waals surface area contributed by atoms with Crippen molar-refractivity contribution in [3.63, 3.8) is 0 Å². The Hall–Kier alpha value is -1.51. The first-order valence-corrected chi connectivity index (χ1v) is 5.84. The van der Waals surface area contributed by atoms with Gasteiger partial charge in [0.1, 0.15) is 5.75 Å². The number of carbonyl (C=O) groups is 1. The molecular weight excluding hydrogens is 202 g/mol. The van der Waals surface area contributed by atoms with Crippen LogP contribution in [-0.4, -0.2) is 19.1 Å². The molecular formula is C13H15NO2. The molecule has 1 atom stereocenters. The zero-order valence-corrected chi connectivity index (χ0v) is 9.11. The fourth-order valence-corrected chi connectivity index (χ4v) is 2.11. The minimum Gasteiger partial charge on any atom is -0.493 e. The zero-order valence-electron chi connectivity index (χ0n) is 9.11. The van der Waals surface area contributed by atoms with Gasteiger partial charge in [-0.15, -0.1) is 0 Å². The SMILES string of the molecule is O=C(NC[C@@H]1COc2ccccc21)C1CC1. The summed E-state index contributed by atoms with van der Waals surface area (Å²) in [5, 5.41) is 3.01. The van der Waals surface area contributed by atoms with Gasteiger partial charge in [-0.2, -0.15) is 0 Å². The Bertz CT molecular complexity index is 412. The predicted octanol–water partition coefficient (Wildman–Crippen LogP) is 1.69. The van der Waals surface area contributed by atoms with E-state index >= 15 is 0 Å². The van der Waals surface area contributed by atoms with Gasteiger partial charge in [0.15, 0.2) is 0 Å². The van der Waals surface area contributed by atoms with E-state index in [0.29, 0.717) is 19.1 Å². The van der Waals surface area contributed by atoms with E-state index in [-0.39, 0.29) is 11.8 Å². The van der Waals surface area contributed by atoms with Crippen LogP contribution in [0, 0.1) is 5.92 Å². The molecule has 1 aromatic carbocycles. The molecule has 1 aliphatic heterocycles. The van der Waals surface area contributed by atoms with Gasteiger partial charge >= 0.3 is 0 Å². The molecule has 3 rings (SSSR count). The van der Waals surface area contributed by atoms with Crippen molar-refractivity contribution in [3.05, 3.63) is 29.8 Å². The van der Waals surface area contributed by atoms with Crippen molar-refractivity contribution in [2.45, 2.75) is 18.8 Å². The molecule has 3 heteroatoms. The van der Waals surface area contributed by atoms with Crippen molar-refractivity contribution >= 4 is 5.91 Å². The second kappa shape index (κ2) is 3.81.